The lowest BCUT2D eigenvalue weighted by Gasteiger charge is -2.23. The van der Waals surface area contributed by atoms with Gasteiger partial charge in [-0.05, 0) is 38.8 Å². The highest BCUT2D eigenvalue weighted by atomic mass is 16.5. The number of likely N-dealkylation sites (N-methyl/N-ethyl adjacent to an activating group) is 1. The Hall–Kier alpha value is -0.160. The Balaban J connectivity index is 2.11. The second-order valence-electron chi connectivity index (χ2n) is 4.90. The van der Waals surface area contributed by atoms with Gasteiger partial charge in [0.15, 0.2) is 0 Å². The van der Waals surface area contributed by atoms with Crippen LogP contribution in [0, 0.1) is 0 Å². The van der Waals surface area contributed by atoms with Crippen molar-refractivity contribution in [1.82, 2.24) is 10.2 Å². The van der Waals surface area contributed by atoms with E-state index in [-0.39, 0.29) is 0 Å². The van der Waals surface area contributed by atoms with Crippen LogP contribution < -0.4 is 11.1 Å². The summed E-state index contributed by atoms with van der Waals surface area (Å²) in [4.78, 5) is 2.57. The minimum absolute atomic E-state index is 0.460. The molecular weight excluding hydrogens is 214 g/mol. The van der Waals surface area contributed by atoms with Crippen molar-refractivity contribution >= 4 is 0 Å². The molecule has 0 aromatic heterocycles. The van der Waals surface area contributed by atoms with E-state index < -0.39 is 0 Å². The molecule has 4 nitrogen and oxygen atoms in total. The fraction of sp³-hybridized carbons (Fsp3) is 1.00. The van der Waals surface area contributed by atoms with Crippen LogP contribution in [0.15, 0.2) is 0 Å². The maximum absolute atomic E-state index is 5.54. The van der Waals surface area contributed by atoms with Gasteiger partial charge in [0.05, 0.1) is 6.61 Å². The first-order valence-corrected chi connectivity index (χ1v) is 6.98. The number of rotatable bonds is 11. The van der Waals surface area contributed by atoms with Crippen molar-refractivity contribution in [3.8, 4) is 0 Å². The smallest absolute Gasteiger partial charge is 0.0615 e. The lowest BCUT2D eigenvalue weighted by molar-refractivity contribution is 0.158. The summed E-state index contributed by atoms with van der Waals surface area (Å²) in [5.74, 6) is 0. The summed E-state index contributed by atoms with van der Waals surface area (Å²) < 4.78 is 5.23. The lowest BCUT2D eigenvalue weighted by Crippen LogP contribution is -2.40. The number of nitrogens with one attached hydrogen (secondary N) is 1. The molecule has 0 amide bonds. The zero-order chi connectivity index (χ0) is 12.5. The summed E-state index contributed by atoms with van der Waals surface area (Å²) in [6, 6.07) is 1.33. The summed E-state index contributed by atoms with van der Waals surface area (Å²) in [6.07, 6.45) is 4.96. The van der Waals surface area contributed by atoms with Crippen LogP contribution in [0.4, 0.5) is 0 Å². The Kier molecular flexibility index (Phi) is 7.77. The largest absolute Gasteiger partial charge is 0.383 e. The van der Waals surface area contributed by atoms with Gasteiger partial charge in [0.25, 0.3) is 0 Å². The SMILES string of the molecule is CCN(CCNC(CCCN)COC)C1CC1. The predicted molar refractivity (Wildman–Crippen MR) is 72.2 cm³/mol. The predicted octanol–water partition coefficient (Wildman–Crippen LogP) is 0.814. The molecule has 1 saturated carbocycles. The number of hydrogen-bond acceptors (Lipinski definition) is 4. The Morgan fingerprint density at radius 1 is 1.47 bits per heavy atom. The van der Waals surface area contributed by atoms with Crippen LogP contribution in [0.25, 0.3) is 0 Å². The molecule has 0 aromatic rings. The monoisotopic (exact) mass is 243 g/mol. The van der Waals surface area contributed by atoms with Crippen LogP contribution in [0.2, 0.25) is 0 Å². The molecular formula is C13H29N3O. The molecule has 1 fully saturated rings. The van der Waals surface area contributed by atoms with Crippen LogP contribution in [0.3, 0.4) is 0 Å². The molecule has 3 N–H and O–H groups in total. The second-order valence-corrected chi connectivity index (χ2v) is 4.90. The van der Waals surface area contributed by atoms with Crippen LogP contribution in [0.5, 0.6) is 0 Å². The third-order valence-corrected chi connectivity index (χ3v) is 3.43. The van der Waals surface area contributed by atoms with Crippen molar-refractivity contribution in [1.29, 1.82) is 0 Å². The molecule has 0 aliphatic heterocycles. The molecule has 0 bridgehead atoms. The van der Waals surface area contributed by atoms with Gasteiger partial charge >= 0.3 is 0 Å². The topological polar surface area (TPSA) is 50.5 Å². The average Bonchev–Trinajstić information content (AvgIpc) is 3.15. The van der Waals surface area contributed by atoms with E-state index >= 15 is 0 Å². The number of nitrogens with zero attached hydrogens (tertiary/aromatic N) is 1. The molecule has 0 heterocycles. The highest BCUT2D eigenvalue weighted by molar-refractivity contribution is 4.84. The van der Waals surface area contributed by atoms with E-state index in [2.05, 4.69) is 17.1 Å². The molecule has 102 valence electrons. The molecule has 0 radical (unpaired) electrons. The van der Waals surface area contributed by atoms with Crippen LogP contribution in [-0.2, 0) is 4.74 Å². The molecule has 0 spiro atoms. The maximum atomic E-state index is 5.54. The second kappa shape index (κ2) is 8.86. The number of nitrogens with two attached hydrogens (primary N) is 1. The third-order valence-electron chi connectivity index (χ3n) is 3.43. The van der Waals surface area contributed by atoms with Gasteiger partial charge in [-0.25, -0.2) is 0 Å². The molecule has 1 aliphatic carbocycles. The first-order valence-electron chi connectivity index (χ1n) is 6.98. The average molecular weight is 243 g/mol. The molecule has 0 saturated heterocycles. The quantitative estimate of drug-likeness (QED) is 0.564. The molecule has 17 heavy (non-hydrogen) atoms. The Morgan fingerprint density at radius 2 is 2.24 bits per heavy atom. The summed E-state index contributed by atoms with van der Waals surface area (Å²) in [7, 11) is 1.76. The Bertz CT molecular complexity index is 186. The Labute approximate surface area is 106 Å². The minimum atomic E-state index is 0.460. The highest BCUT2D eigenvalue weighted by Crippen LogP contribution is 2.25. The van der Waals surface area contributed by atoms with Crippen molar-refractivity contribution in [3.63, 3.8) is 0 Å². The van der Waals surface area contributed by atoms with Gasteiger partial charge in [0.1, 0.15) is 0 Å². The minimum Gasteiger partial charge on any atom is -0.383 e. The summed E-state index contributed by atoms with van der Waals surface area (Å²) in [6.45, 7) is 7.19. The zero-order valence-electron chi connectivity index (χ0n) is 11.5. The maximum Gasteiger partial charge on any atom is 0.0615 e. The molecule has 1 rings (SSSR count). The van der Waals surface area contributed by atoms with E-state index in [0.717, 1.165) is 45.1 Å². The van der Waals surface area contributed by atoms with Crippen molar-refractivity contribution in [3.05, 3.63) is 0 Å². The van der Waals surface area contributed by atoms with E-state index in [0.29, 0.717) is 6.04 Å². The summed E-state index contributed by atoms with van der Waals surface area (Å²) >= 11 is 0. The molecule has 1 unspecified atom stereocenters. The third kappa shape index (κ3) is 6.36. The van der Waals surface area contributed by atoms with E-state index in [9.17, 15) is 0 Å². The van der Waals surface area contributed by atoms with E-state index in [1.165, 1.54) is 19.4 Å². The summed E-state index contributed by atoms with van der Waals surface area (Å²) in [5, 5.41) is 3.58. The van der Waals surface area contributed by atoms with Crippen molar-refractivity contribution in [2.24, 2.45) is 5.73 Å². The van der Waals surface area contributed by atoms with Crippen LogP contribution in [0.1, 0.15) is 32.6 Å². The highest BCUT2D eigenvalue weighted by Gasteiger charge is 2.27. The van der Waals surface area contributed by atoms with Gasteiger partial charge < -0.3 is 15.8 Å². The van der Waals surface area contributed by atoms with E-state index in [4.69, 9.17) is 10.5 Å². The van der Waals surface area contributed by atoms with Crippen molar-refractivity contribution < 1.29 is 4.74 Å². The molecule has 0 aromatic carbocycles. The van der Waals surface area contributed by atoms with Crippen molar-refractivity contribution in [2.45, 2.75) is 44.7 Å². The van der Waals surface area contributed by atoms with Gasteiger partial charge in [0.2, 0.25) is 0 Å². The standard InChI is InChI=1S/C13H29N3O/c1-3-16(13-6-7-13)10-9-15-12(11-17-2)5-4-8-14/h12-13,15H,3-11,14H2,1-2H3. The lowest BCUT2D eigenvalue weighted by atomic mass is 10.1. The van der Waals surface area contributed by atoms with Crippen LogP contribution >= 0.6 is 0 Å². The summed E-state index contributed by atoms with van der Waals surface area (Å²) in [5.41, 5.74) is 5.54. The fourth-order valence-corrected chi connectivity index (χ4v) is 2.26. The normalized spacial score (nSPS) is 17.6. The molecule has 1 aliphatic rings. The first-order chi connectivity index (χ1) is 8.31. The van der Waals surface area contributed by atoms with Gasteiger partial charge in [-0.2, -0.15) is 0 Å². The van der Waals surface area contributed by atoms with Gasteiger partial charge in [-0.3, -0.25) is 4.90 Å². The number of ether oxygens (including phenoxy) is 1. The van der Waals surface area contributed by atoms with E-state index in [1.807, 2.05) is 0 Å². The zero-order valence-corrected chi connectivity index (χ0v) is 11.5. The first kappa shape index (κ1) is 14.9. The molecule has 1 atom stereocenters. The number of hydrogen-bond donors (Lipinski definition) is 2. The van der Waals surface area contributed by atoms with Crippen LogP contribution in [-0.4, -0.2) is 56.9 Å². The fourth-order valence-electron chi connectivity index (χ4n) is 2.26. The molecule has 4 heteroatoms. The van der Waals surface area contributed by atoms with Crippen molar-refractivity contribution in [2.75, 3.05) is 39.9 Å². The van der Waals surface area contributed by atoms with Gasteiger partial charge in [0, 0.05) is 32.3 Å². The Morgan fingerprint density at radius 3 is 2.76 bits per heavy atom. The van der Waals surface area contributed by atoms with Gasteiger partial charge in [-0.1, -0.05) is 6.92 Å². The number of methoxy groups -OCH3 is 1. The van der Waals surface area contributed by atoms with E-state index in [1.54, 1.807) is 7.11 Å². The van der Waals surface area contributed by atoms with Gasteiger partial charge in [-0.15, -0.1) is 0 Å².